The maximum atomic E-state index is 13.1. The minimum absolute atomic E-state index is 0.0406. The highest BCUT2D eigenvalue weighted by molar-refractivity contribution is 5.91. The van der Waals surface area contributed by atoms with E-state index in [1.54, 1.807) is 44.3 Å². The third-order valence-electron chi connectivity index (χ3n) is 4.39. The number of anilines is 1. The number of hydrogen-bond donors (Lipinski definition) is 1. The number of carbonyl (C=O) groups excluding carboxylic acids is 1. The molecule has 1 aromatic carbocycles. The molecule has 1 N–H and O–H groups in total. The highest BCUT2D eigenvalue weighted by Crippen LogP contribution is 2.25. The topological polar surface area (TPSA) is 73.8 Å². The third-order valence-corrected chi connectivity index (χ3v) is 4.39. The predicted molar refractivity (Wildman–Crippen MR) is 96.5 cm³/mol. The van der Waals surface area contributed by atoms with Gasteiger partial charge in [0.2, 0.25) is 5.91 Å². The Morgan fingerprint density at radius 3 is 2.38 bits per heavy atom. The second-order valence-electron chi connectivity index (χ2n) is 6.24. The minimum atomic E-state index is -3.09. The summed E-state index contributed by atoms with van der Waals surface area (Å²) >= 11 is 0. The van der Waals surface area contributed by atoms with Crippen molar-refractivity contribution >= 4 is 11.6 Å². The number of hydrogen-bond acceptors (Lipinski definition) is 3. The number of halogens is 4. The van der Waals surface area contributed by atoms with Gasteiger partial charge in [0.05, 0.1) is 11.4 Å². The molecule has 0 fully saturated rings. The first-order chi connectivity index (χ1) is 13.7. The molecule has 3 rings (SSSR count). The average molecular weight is 411 g/mol. The molecule has 0 saturated heterocycles. The maximum Gasteiger partial charge on any atom is 0.295 e. The molecule has 11 heteroatoms. The van der Waals surface area contributed by atoms with Crippen LogP contribution in [0.5, 0.6) is 0 Å². The Morgan fingerprint density at radius 2 is 1.79 bits per heavy atom. The van der Waals surface area contributed by atoms with Gasteiger partial charge in [-0.3, -0.25) is 19.0 Å². The van der Waals surface area contributed by atoms with Crippen LogP contribution >= 0.6 is 0 Å². The number of rotatable bonds is 6. The van der Waals surface area contributed by atoms with Gasteiger partial charge in [-0.1, -0.05) is 18.2 Å². The van der Waals surface area contributed by atoms with Crippen molar-refractivity contribution in [3.63, 3.8) is 0 Å². The summed E-state index contributed by atoms with van der Waals surface area (Å²) in [6.45, 7) is 0.857. The molecule has 2 heterocycles. The first-order valence-corrected chi connectivity index (χ1v) is 8.48. The van der Waals surface area contributed by atoms with E-state index in [4.69, 9.17) is 0 Å². The molecule has 0 atom stereocenters. The number of nitrogens with one attached hydrogen (secondary N) is 1. The summed E-state index contributed by atoms with van der Waals surface area (Å²) in [5.74, 6) is -0.846. The van der Waals surface area contributed by atoms with E-state index < -0.39 is 42.2 Å². The van der Waals surface area contributed by atoms with Crippen molar-refractivity contribution in [3.05, 3.63) is 63.8 Å². The molecule has 0 bridgehead atoms. The van der Waals surface area contributed by atoms with E-state index in [9.17, 15) is 27.2 Å². The standard InChI is InChI=1S/C18H17F4N5O2/c1-10-15(18(29)27(25(10)2)11-6-4-3-5-7-11)23-14(28)9-26-13(17(21)22)8-12(24-26)16(19)20/h3-8,16-17H,9H2,1-2H3,(H,23,28). The SMILES string of the molecule is Cc1c(NC(=O)Cn2nc(C(F)F)cc2C(F)F)c(=O)n(-c2ccccc2)n1C. The zero-order chi connectivity index (χ0) is 21.3. The summed E-state index contributed by atoms with van der Waals surface area (Å²) in [6, 6.07) is 9.23. The number of alkyl halides is 4. The zero-order valence-electron chi connectivity index (χ0n) is 15.4. The normalized spacial score (nSPS) is 11.4. The van der Waals surface area contributed by atoms with Crippen molar-refractivity contribution < 1.29 is 22.4 Å². The number of nitrogens with zero attached hydrogens (tertiary/aromatic N) is 4. The van der Waals surface area contributed by atoms with Gasteiger partial charge in [-0.05, 0) is 25.1 Å². The molecule has 0 aliphatic heterocycles. The zero-order valence-corrected chi connectivity index (χ0v) is 15.4. The highest BCUT2D eigenvalue weighted by atomic mass is 19.3. The minimum Gasteiger partial charge on any atom is -0.318 e. The van der Waals surface area contributed by atoms with E-state index in [1.165, 1.54) is 9.36 Å². The Balaban J connectivity index is 1.89. The molecule has 154 valence electrons. The van der Waals surface area contributed by atoms with Gasteiger partial charge < -0.3 is 5.32 Å². The lowest BCUT2D eigenvalue weighted by Gasteiger charge is -2.07. The van der Waals surface area contributed by atoms with E-state index in [0.717, 1.165) is 0 Å². The Labute approximate surface area is 162 Å². The smallest absolute Gasteiger partial charge is 0.295 e. The average Bonchev–Trinajstić information content (AvgIpc) is 3.18. The van der Waals surface area contributed by atoms with Gasteiger partial charge in [-0.2, -0.15) is 5.10 Å². The predicted octanol–water partition coefficient (Wildman–Crippen LogP) is 3.19. The largest absolute Gasteiger partial charge is 0.318 e. The fourth-order valence-electron chi connectivity index (χ4n) is 2.89. The molecule has 7 nitrogen and oxygen atoms in total. The molecule has 0 saturated carbocycles. The van der Waals surface area contributed by atoms with Crippen LogP contribution in [0.1, 0.15) is 29.9 Å². The summed E-state index contributed by atoms with van der Waals surface area (Å²) in [6.07, 6.45) is -6.14. The van der Waals surface area contributed by atoms with E-state index in [1.807, 2.05) is 0 Å². The van der Waals surface area contributed by atoms with E-state index in [0.29, 0.717) is 22.1 Å². The first kappa shape index (κ1) is 20.4. The Hall–Kier alpha value is -3.37. The van der Waals surface area contributed by atoms with E-state index >= 15 is 0 Å². The lowest BCUT2D eigenvalue weighted by molar-refractivity contribution is -0.117. The van der Waals surface area contributed by atoms with Gasteiger partial charge in [0.25, 0.3) is 18.4 Å². The highest BCUT2D eigenvalue weighted by Gasteiger charge is 2.24. The second kappa shape index (κ2) is 7.94. The van der Waals surface area contributed by atoms with Crippen molar-refractivity contribution in [2.24, 2.45) is 7.05 Å². The second-order valence-corrected chi connectivity index (χ2v) is 6.24. The van der Waals surface area contributed by atoms with Crippen molar-refractivity contribution in [1.82, 2.24) is 19.1 Å². The molecule has 0 unspecified atom stereocenters. The molecule has 29 heavy (non-hydrogen) atoms. The fraction of sp³-hybridized carbons (Fsp3) is 0.278. The molecule has 2 aromatic heterocycles. The van der Waals surface area contributed by atoms with Crippen LogP contribution in [0.3, 0.4) is 0 Å². The van der Waals surface area contributed by atoms with Crippen LogP contribution in [0.4, 0.5) is 23.2 Å². The van der Waals surface area contributed by atoms with Gasteiger partial charge in [0.15, 0.2) is 0 Å². The number of benzene rings is 1. The van der Waals surface area contributed by atoms with Crippen LogP contribution in [0.25, 0.3) is 5.69 Å². The Morgan fingerprint density at radius 1 is 1.14 bits per heavy atom. The van der Waals surface area contributed by atoms with Gasteiger partial charge in [0, 0.05) is 7.05 Å². The summed E-state index contributed by atoms with van der Waals surface area (Å²) in [4.78, 5) is 25.1. The summed E-state index contributed by atoms with van der Waals surface area (Å²) < 4.78 is 55.0. The summed E-state index contributed by atoms with van der Waals surface area (Å²) in [7, 11) is 1.62. The number of aromatic nitrogens is 4. The lowest BCUT2D eigenvalue weighted by atomic mass is 10.3. The van der Waals surface area contributed by atoms with Crippen LogP contribution in [-0.2, 0) is 18.4 Å². The molecule has 0 spiro atoms. The van der Waals surface area contributed by atoms with Crippen LogP contribution in [-0.4, -0.2) is 25.1 Å². The van der Waals surface area contributed by atoms with Gasteiger partial charge in [0.1, 0.15) is 23.6 Å². The van der Waals surface area contributed by atoms with Gasteiger partial charge in [-0.15, -0.1) is 0 Å². The quantitative estimate of drug-likeness (QED) is 0.633. The molecule has 3 aromatic rings. The van der Waals surface area contributed by atoms with Crippen molar-refractivity contribution in [2.75, 3.05) is 5.32 Å². The summed E-state index contributed by atoms with van der Waals surface area (Å²) in [5, 5.41) is 5.74. The fourth-order valence-corrected chi connectivity index (χ4v) is 2.89. The lowest BCUT2D eigenvalue weighted by Crippen LogP contribution is -2.26. The summed E-state index contributed by atoms with van der Waals surface area (Å²) in [5.41, 5.74) is -1.22. The molecular formula is C18H17F4N5O2. The maximum absolute atomic E-state index is 13.1. The molecule has 0 aliphatic rings. The van der Waals surface area contributed by atoms with Gasteiger partial charge in [-0.25, -0.2) is 22.2 Å². The van der Waals surface area contributed by atoms with Crippen molar-refractivity contribution in [2.45, 2.75) is 26.3 Å². The van der Waals surface area contributed by atoms with Crippen molar-refractivity contribution in [3.8, 4) is 5.69 Å². The molecule has 1 amide bonds. The van der Waals surface area contributed by atoms with Crippen LogP contribution in [0, 0.1) is 6.92 Å². The first-order valence-electron chi connectivity index (χ1n) is 8.48. The number of amides is 1. The van der Waals surface area contributed by atoms with E-state index in [-0.39, 0.29) is 5.69 Å². The number of carbonyl (C=O) groups is 1. The van der Waals surface area contributed by atoms with E-state index in [2.05, 4.69) is 10.4 Å². The Bertz CT molecular complexity index is 1090. The third kappa shape index (κ3) is 3.93. The number of para-hydroxylation sites is 1. The van der Waals surface area contributed by atoms with Crippen LogP contribution in [0.2, 0.25) is 0 Å². The van der Waals surface area contributed by atoms with Gasteiger partial charge >= 0.3 is 0 Å². The molecular weight excluding hydrogens is 394 g/mol. The van der Waals surface area contributed by atoms with Crippen LogP contribution in [0.15, 0.2) is 41.2 Å². The Kier molecular flexibility index (Phi) is 5.57. The molecule has 0 aliphatic carbocycles. The monoisotopic (exact) mass is 411 g/mol. The van der Waals surface area contributed by atoms with Crippen LogP contribution < -0.4 is 10.9 Å². The molecule has 0 radical (unpaired) electrons. The van der Waals surface area contributed by atoms with Crippen molar-refractivity contribution in [1.29, 1.82) is 0 Å².